The molecule has 88 valence electrons. The van der Waals surface area contributed by atoms with Gasteiger partial charge in [0.15, 0.2) is 0 Å². The summed E-state index contributed by atoms with van der Waals surface area (Å²) < 4.78 is 32.6. The summed E-state index contributed by atoms with van der Waals surface area (Å²) in [5.74, 6) is 0. The van der Waals surface area contributed by atoms with Crippen LogP contribution in [0.25, 0.3) is 10.8 Å². The Morgan fingerprint density at radius 1 is 1.06 bits per heavy atom. The molecule has 2 aromatic carbocycles. The normalized spacial score (nSPS) is 11.1. The first-order valence-corrected chi connectivity index (χ1v) is 5.64. The Balaban J connectivity index is 0.00000128. The van der Waals surface area contributed by atoms with Gasteiger partial charge in [0.2, 0.25) is 0 Å². The molecular weight excluding hydrogens is 278 g/mol. The molecule has 0 saturated heterocycles. The first kappa shape index (κ1) is 13.0. The van der Waals surface area contributed by atoms with Crippen LogP contribution in [0.5, 0.6) is 0 Å². The first-order chi connectivity index (χ1) is 7.00. The van der Waals surface area contributed by atoms with E-state index in [1.807, 2.05) is 6.07 Å². The Kier molecular flexibility index (Phi) is 3.60. The Morgan fingerprint density at radius 3 is 2.31 bits per heavy atom. The molecule has 0 bridgehead atoms. The summed E-state index contributed by atoms with van der Waals surface area (Å²) >= 11 is 0. The van der Waals surface area contributed by atoms with Gasteiger partial charge in [0.1, 0.15) is 10.1 Å². The van der Waals surface area contributed by atoms with Crippen molar-refractivity contribution in [1.82, 2.24) is 0 Å². The van der Waals surface area contributed by atoms with Crippen molar-refractivity contribution in [2.75, 3.05) is 5.73 Å². The quantitative estimate of drug-likeness (QED) is 0.487. The van der Waals surface area contributed by atoms with Crippen LogP contribution in [0.2, 0.25) is 0 Å². The van der Waals surface area contributed by atoms with Gasteiger partial charge >= 0.3 is 17.1 Å². The van der Waals surface area contributed by atoms with Crippen LogP contribution < -0.4 is 5.73 Å². The minimum Gasteiger partial charge on any atom is -0.744 e. The molecule has 4 nitrogen and oxygen atoms in total. The van der Waals surface area contributed by atoms with Crippen LogP contribution in [-0.2, 0) is 27.2 Å². The van der Waals surface area contributed by atoms with Crippen LogP contribution in [0.1, 0.15) is 0 Å². The number of rotatable bonds is 1. The number of hydrogen-bond donors (Lipinski definition) is 1. The molecule has 0 aliphatic rings. The van der Waals surface area contributed by atoms with Crippen molar-refractivity contribution >= 4 is 26.6 Å². The zero-order chi connectivity index (χ0) is 11.1. The third-order valence-electron chi connectivity index (χ3n) is 2.20. The van der Waals surface area contributed by atoms with E-state index in [-0.39, 0.29) is 27.7 Å². The maximum absolute atomic E-state index is 10.9. The maximum Gasteiger partial charge on any atom is 1.00 e. The molecule has 0 atom stereocenters. The molecule has 0 fully saturated rings. The summed E-state index contributed by atoms with van der Waals surface area (Å²) in [6, 6.07) is 9.83. The summed E-state index contributed by atoms with van der Waals surface area (Å²) in [6.45, 7) is 0. The van der Waals surface area contributed by atoms with Crippen LogP contribution in [0, 0.1) is 0 Å². The first-order valence-electron chi connectivity index (χ1n) is 4.23. The van der Waals surface area contributed by atoms with Gasteiger partial charge < -0.3 is 10.3 Å². The zero-order valence-electron chi connectivity index (χ0n) is 7.98. The van der Waals surface area contributed by atoms with E-state index >= 15 is 0 Å². The number of anilines is 1. The average molecular weight is 286 g/mol. The number of nitrogens with two attached hydrogens (primary N) is 1. The van der Waals surface area contributed by atoms with Crippen LogP contribution in [0.15, 0.2) is 41.3 Å². The second kappa shape index (κ2) is 4.43. The minimum absolute atomic E-state index is 0. The molecule has 0 radical (unpaired) electrons. The van der Waals surface area contributed by atoms with E-state index in [9.17, 15) is 13.0 Å². The van der Waals surface area contributed by atoms with Gasteiger partial charge in [-0.15, -0.1) is 0 Å². The van der Waals surface area contributed by atoms with Crippen molar-refractivity contribution in [3.63, 3.8) is 0 Å². The van der Waals surface area contributed by atoms with E-state index in [0.717, 1.165) is 5.39 Å². The second-order valence-corrected chi connectivity index (χ2v) is 4.50. The fourth-order valence-corrected chi connectivity index (χ4v) is 2.11. The van der Waals surface area contributed by atoms with E-state index in [1.165, 1.54) is 6.07 Å². The monoisotopic (exact) mass is 285 g/mol. The summed E-state index contributed by atoms with van der Waals surface area (Å²) in [6.07, 6.45) is 0. The molecule has 2 N–H and O–H groups in total. The van der Waals surface area contributed by atoms with Gasteiger partial charge in [0.25, 0.3) is 0 Å². The van der Waals surface area contributed by atoms with E-state index in [0.29, 0.717) is 5.39 Å². The molecular formula is C10H8CuNO3S. The minimum atomic E-state index is -4.50. The summed E-state index contributed by atoms with van der Waals surface area (Å²) in [7, 11) is -4.50. The van der Waals surface area contributed by atoms with Gasteiger partial charge in [-0.05, 0) is 11.5 Å². The van der Waals surface area contributed by atoms with E-state index in [1.54, 1.807) is 24.3 Å². The van der Waals surface area contributed by atoms with Gasteiger partial charge in [-0.2, -0.15) is 0 Å². The van der Waals surface area contributed by atoms with E-state index in [4.69, 9.17) is 5.73 Å². The average Bonchev–Trinajstić information content (AvgIpc) is 2.16. The summed E-state index contributed by atoms with van der Waals surface area (Å²) in [4.78, 5) is -0.360. The topological polar surface area (TPSA) is 83.2 Å². The van der Waals surface area contributed by atoms with Gasteiger partial charge in [-0.3, -0.25) is 0 Å². The number of benzene rings is 2. The van der Waals surface area contributed by atoms with Crippen LogP contribution in [0.3, 0.4) is 0 Å². The van der Waals surface area contributed by atoms with Crippen molar-refractivity contribution < 1.29 is 30.0 Å². The van der Waals surface area contributed by atoms with E-state index < -0.39 is 10.1 Å². The molecule has 16 heavy (non-hydrogen) atoms. The van der Waals surface area contributed by atoms with Crippen LogP contribution in [-0.4, -0.2) is 13.0 Å². The largest absolute Gasteiger partial charge is 1.00 e. The molecule has 0 aliphatic heterocycles. The standard InChI is InChI=1S/C10H9NO3S.Cu/c11-10-8-4-2-1-3-7(8)5-6-9(10)15(12,13)14;/h1-6H,11H2,(H,12,13,14);/q;+1/p-1. The van der Waals surface area contributed by atoms with E-state index in [2.05, 4.69) is 0 Å². The zero-order valence-corrected chi connectivity index (χ0v) is 9.73. The number of hydrogen-bond acceptors (Lipinski definition) is 4. The second-order valence-electron chi connectivity index (χ2n) is 3.15. The summed E-state index contributed by atoms with van der Waals surface area (Å²) in [5.41, 5.74) is 5.64. The third-order valence-corrected chi connectivity index (χ3v) is 3.09. The molecule has 6 heteroatoms. The van der Waals surface area contributed by atoms with Gasteiger partial charge in [-0.1, -0.05) is 30.3 Å². The number of nitrogen functional groups attached to an aromatic ring is 1. The van der Waals surface area contributed by atoms with Crippen molar-refractivity contribution in [3.05, 3.63) is 36.4 Å². The molecule has 0 aliphatic carbocycles. The molecule has 0 saturated carbocycles. The number of fused-ring (bicyclic) bond motifs is 1. The van der Waals surface area contributed by atoms with Crippen LogP contribution >= 0.6 is 0 Å². The van der Waals surface area contributed by atoms with Crippen molar-refractivity contribution in [2.24, 2.45) is 0 Å². The Labute approximate surface area is 104 Å². The van der Waals surface area contributed by atoms with Gasteiger partial charge in [0.05, 0.1) is 10.6 Å². The van der Waals surface area contributed by atoms with Crippen LogP contribution in [0.4, 0.5) is 5.69 Å². The fraction of sp³-hybridized carbons (Fsp3) is 0. The maximum atomic E-state index is 10.9. The Hall–Kier alpha value is -1.07. The predicted octanol–water partition coefficient (Wildman–Crippen LogP) is 1.32. The Bertz CT molecular complexity index is 625. The fourth-order valence-electron chi connectivity index (χ4n) is 1.49. The molecule has 2 rings (SSSR count). The Morgan fingerprint density at radius 2 is 1.69 bits per heavy atom. The SMILES string of the molecule is Nc1c(S(=O)(=O)[O-])ccc2ccccc12.[Cu+]. The van der Waals surface area contributed by atoms with Gasteiger partial charge in [-0.25, -0.2) is 8.42 Å². The molecule has 2 aromatic rings. The van der Waals surface area contributed by atoms with Crippen molar-refractivity contribution in [1.29, 1.82) is 0 Å². The third kappa shape index (κ3) is 2.20. The molecule has 0 spiro atoms. The van der Waals surface area contributed by atoms with Gasteiger partial charge in [0, 0.05) is 5.39 Å². The predicted molar refractivity (Wildman–Crippen MR) is 56.3 cm³/mol. The molecule has 0 aromatic heterocycles. The molecule has 0 heterocycles. The van der Waals surface area contributed by atoms with Crippen molar-refractivity contribution in [2.45, 2.75) is 4.90 Å². The molecule has 0 unspecified atom stereocenters. The smallest absolute Gasteiger partial charge is 0.744 e. The molecule has 0 amide bonds. The van der Waals surface area contributed by atoms with Crippen molar-refractivity contribution in [3.8, 4) is 0 Å². The summed E-state index contributed by atoms with van der Waals surface area (Å²) in [5, 5.41) is 1.39.